The van der Waals surface area contributed by atoms with Crippen molar-refractivity contribution < 1.29 is 4.74 Å². The molecule has 0 saturated heterocycles. The molecule has 2 atom stereocenters. The van der Waals surface area contributed by atoms with Gasteiger partial charge in [-0.3, -0.25) is 4.68 Å². The van der Waals surface area contributed by atoms with Crippen LogP contribution in [-0.4, -0.2) is 29.5 Å². The lowest BCUT2D eigenvalue weighted by Gasteiger charge is -2.25. The lowest BCUT2D eigenvalue weighted by Crippen LogP contribution is -2.33. The topological polar surface area (TPSA) is 39.1 Å². The Morgan fingerprint density at radius 1 is 1.41 bits per heavy atom. The van der Waals surface area contributed by atoms with Gasteiger partial charge >= 0.3 is 0 Å². The van der Waals surface area contributed by atoms with Gasteiger partial charge in [0, 0.05) is 19.9 Å². The van der Waals surface area contributed by atoms with E-state index in [9.17, 15) is 0 Å². The van der Waals surface area contributed by atoms with E-state index in [1.807, 2.05) is 6.20 Å². The van der Waals surface area contributed by atoms with Gasteiger partial charge in [0.15, 0.2) is 0 Å². The molecule has 0 aliphatic heterocycles. The Morgan fingerprint density at radius 3 is 2.76 bits per heavy atom. The Morgan fingerprint density at radius 2 is 2.18 bits per heavy atom. The number of methoxy groups -OCH3 is 1. The third-order valence-electron chi connectivity index (χ3n) is 2.96. The number of aryl methyl sites for hydroxylation is 1. The van der Waals surface area contributed by atoms with Crippen LogP contribution in [0.15, 0.2) is 12.3 Å². The maximum Gasteiger partial charge on any atom is 0.0755 e. The van der Waals surface area contributed by atoms with Crippen molar-refractivity contribution in [3.8, 4) is 0 Å². The van der Waals surface area contributed by atoms with E-state index in [0.717, 1.165) is 25.9 Å². The first-order valence-corrected chi connectivity index (χ1v) is 6.52. The van der Waals surface area contributed by atoms with Crippen LogP contribution in [0, 0.1) is 0 Å². The summed E-state index contributed by atoms with van der Waals surface area (Å²) < 4.78 is 7.53. The third-order valence-corrected chi connectivity index (χ3v) is 2.96. The maximum atomic E-state index is 5.46. The van der Waals surface area contributed by atoms with Crippen LogP contribution in [-0.2, 0) is 11.3 Å². The number of rotatable bonds is 8. The largest absolute Gasteiger partial charge is 0.380 e. The highest BCUT2D eigenvalue weighted by Gasteiger charge is 2.21. The molecule has 0 spiro atoms. The molecule has 0 radical (unpaired) electrons. The van der Waals surface area contributed by atoms with Gasteiger partial charge in [0.05, 0.1) is 17.8 Å². The summed E-state index contributed by atoms with van der Waals surface area (Å²) in [5, 5.41) is 7.91. The number of nitrogens with one attached hydrogen (secondary N) is 1. The summed E-state index contributed by atoms with van der Waals surface area (Å²) in [4.78, 5) is 0. The fraction of sp³-hybridized carbons (Fsp3) is 0.769. The Hall–Kier alpha value is -0.870. The fourth-order valence-corrected chi connectivity index (χ4v) is 1.95. The van der Waals surface area contributed by atoms with Crippen LogP contribution in [0.4, 0.5) is 0 Å². The van der Waals surface area contributed by atoms with E-state index in [1.54, 1.807) is 7.11 Å². The molecule has 1 aromatic heterocycles. The zero-order chi connectivity index (χ0) is 12.7. The van der Waals surface area contributed by atoms with E-state index in [-0.39, 0.29) is 12.1 Å². The molecule has 4 nitrogen and oxygen atoms in total. The minimum atomic E-state index is 0.147. The molecule has 1 N–H and O–H groups in total. The van der Waals surface area contributed by atoms with Crippen LogP contribution in [0.25, 0.3) is 0 Å². The van der Waals surface area contributed by atoms with E-state index in [2.05, 4.69) is 41.9 Å². The molecule has 4 heteroatoms. The predicted molar refractivity (Wildman–Crippen MR) is 70.0 cm³/mol. The van der Waals surface area contributed by atoms with Gasteiger partial charge in [0.2, 0.25) is 0 Å². The van der Waals surface area contributed by atoms with Crippen LogP contribution in [0.1, 0.15) is 45.3 Å². The Balaban J connectivity index is 2.83. The molecule has 0 bridgehead atoms. The van der Waals surface area contributed by atoms with Crippen LogP contribution in [0.2, 0.25) is 0 Å². The predicted octanol–water partition coefficient (Wildman–Crippen LogP) is 2.37. The number of hydrogen-bond acceptors (Lipinski definition) is 3. The van der Waals surface area contributed by atoms with Crippen molar-refractivity contribution in [2.75, 3.05) is 13.7 Å². The quantitative estimate of drug-likeness (QED) is 0.757. The smallest absolute Gasteiger partial charge is 0.0755 e. The van der Waals surface area contributed by atoms with Gasteiger partial charge in [-0.2, -0.15) is 5.10 Å². The Bertz CT molecular complexity index is 311. The fourth-order valence-electron chi connectivity index (χ4n) is 1.95. The standard InChI is InChI=1S/C13H25N3O/c1-5-8-14-13(11(3)17-4)12-7-9-15-16(12)10-6-2/h7,9,11,13-14H,5-6,8,10H2,1-4H3. The summed E-state index contributed by atoms with van der Waals surface area (Å²) in [5.41, 5.74) is 1.22. The van der Waals surface area contributed by atoms with E-state index in [4.69, 9.17) is 4.74 Å². The van der Waals surface area contributed by atoms with Crippen molar-refractivity contribution in [2.24, 2.45) is 0 Å². The maximum absolute atomic E-state index is 5.46. The summed E-state index contributed by atoms with van der Waals surface area (Å²) >= 11 is 0. The van der Waals surface area contributed by atoms with Gasteiger partial charge in [-0.1, -0.05) is 13.8 Å². The summed E-state index contributed by atoms with van der Waals surface area (Å²) in [7, 11) is 1.76. The van der Waals surface area contributed by atoms with Crippen molar-refractivity contribution >= 4 is 0 Å². The number of ether oxygens (including phenoxy) is 1. The number of nitrogens with zero attached hydrogens (tertiary/aromatic N) is 2. The molecule has 17 heavy (non-hydrogen) atoms. The molecule has 0 aliphatic rings. The van der Waals surface area contributed by atoms with Crippen molar-refractivity contribution in [3.63, 3.8) is 0 Å². The van der Waals surface area contributed by atoms with Crippen LogP contribution in [0.5, 0.6) is 0 Å². The second kappa shape index (κ2) is 7.45. The first kappa shape index (κ1) is 14.2. The van der Waals surface area contributed by atoms with Crippen LogP contribution >= 0.6 is 0 Å². The molecular weight excluding hydrogens is 214 g/mol. The van der Waals surface area contributed by atoms with Gasteiger partial charge in [0.1, 0.15) is 0 Å². The summed E-state index contributed by atoms with van der Waals surface area (Å²) in [6.07, 6.45) is 4.23. The normalized spacial score (nSPS) is 14.8. The van der Waals surface area contributed by atoms with E-state index in [0.29, 0.717) is 0 Å². The monoisotopic (exact) mass is 239 g/mol. The highest BCUT2D eigenvalue weighted by molar-refractivity contribution is 5.09. The van der Waals surface area contributed by atoms with Gasteiger partial charge in [0.25, 0.3) is 0 Å². The Labute approximate surface area is 104 Å². The summed E-state index contributed by atoms with van der Waals surface area (Å²) in [5.74, 6) is 0. The minimum Gasteiger partial charge on any atom is -0.380 e. The van der Waals surface area contributed by atoms with E-state index < -0.39 is 0 Å². The molecule has 0 aromatic carbocycles. The number of hydrogen-bond donors (Lipinski definition) is 1. The van der Waals surface area contributed by atoms with Crippen molar-refractivity contribution in [1.29, 1.82) is 0 Å². The first-order chi connectivity index (χ1) is 8.24. The van der Waals surface area contributed by atoms with E-state index >= 15 is 0 Å². The summed E-state index contributed by atoms with van der Waals surface area (Å²) in [6.45, 7) is 8.39. The van der Waals surface area contributed by atoms with Crippen LogP contribution in [0.3, 0.4) is 0 Å². The molecule has 2 unspecified atom stereocenters. The third kappa shape index (κ3) is 3.82. The average molecular weight is 239 g/mol. The SMILES string of the molecule is CCCNC(c1ccnn1CCC)C(C)OC. The molecule has 0 amide bonds. The molecule has 98 valence electrons. The molecule has 1 aromatic rings. The lowest BCUT2D eigenvalue weighted by atomic mass is 10.1. The highest BCUT2D eigenvalue weighted by atomic mass is 16.5. The molecule has 0 saturated carbocycles. The molecule has 0 aliphatic carbocycles. The lowest BCUT2D eigenvalue weighted by molar-refractivity contribution is 0.0799. The van der Waals surface area contributed by atoms with Gasteiger partial charge < -0.3 is 10.1 Å². The molecule has 1 rings (SSSR count). The Kier molecular flexibility index (Phi) is 6.22. The molecular formula is C13H25N3O. The minimum absolute atomic E-state index is 0.147. The second-order valence-corrected chi connectivity index (χ2v) is 4.35. The van der Waals surface area contributed by atoms with Crippen molar-refractivity contribution in [1.82, 2.24) is 15.1 Å². The first-order valence-electron chi connectivity index (χ1n) is 6.52. The van der Waals surface area contributed by atoms with Gasteiger partial charge in [-0.25, -0.2) is 0 Å². The molecule has 1 heterocycles. The van der Waals surface area contributed by atoms with E-state index in [1.165, 1.54) is 5.69 Å². The van der Waals surface area contributed by atoms with Crippen LogP contribution < -0.4 is 5.32 Å². The van der Waals surface area contributed by atoms with Gasteiger partial charge in [-0.15, -0.1) is 0 Å². The zero-order valence-electron chi connectivity index (χ0n) is 11.4. The summed E-state index contributed by atoms with van der Waals surface area (Å²) in [6, 6.07) is 2.30. The average Bonchev–Trinajstić information content (AvgIpc) is 2.78. The second-order valence-electron chi connectivity index (χ2n) is 4.35. The molecule has 0 fully saturated rings. The van der Waals surface area contributed by atoms with Crippen molar-refractivity contribution in [3.05, 3.63) is 18.0 Å². The van der Waals surface area contributed by atoms with Crippen molar-refractivity contribution in [2.45, 2.75) is 52.3 Å². The number of aromatic nitrogens is 2. The van der Waals surface area contributed by atoms with Gasteiger partial charge in [-0.05, 0) is 32.4 Å². The zero-order valence-corrected chi connectivity index (χ0v) is 11.4. The highest BCUT2D eigenvalue weighted by Crippen LogP contribution is 2.19.